The zero-order chi connectivity index (χ0) is 20.4. The van der Waals surface area contributed by atoms with Crippen molar-refractivity contribution >= 4 is 21.4 Å². The van der Waals surface area contributed by atoms with E-state index >= 15 is 0 Å². The molecule has 9 heteroatoms. The smallest absolute Gasteiger partial charge is 0.378 e. The Morgan fingerprint density at radius 3 is 2.29 bits per heavy atom. The number of benzene rings is 2. The number of halogens is 3. The summed E-state index contributed by atoms with van der Waals surface area (Å²) in [5, 5.41) is 0. The van der Waals surface area contributed by atoms with Crippen LogP contribution in [0.15, 0.2) is 47.4 Å². The highest BCUT2D eigenvalue weighted by molar-refractivity contribution is 7.92. The van der Waals surface area contributed by atoms with Crippen molar-refractivity contribution in [3.8, 4) is 0 Å². The third kappa shape index (κ3) is 4.59. The average Bonchev–Trinajstić information content (AvgIpc) is 2.67. The van der Waals surface area contributed by atoms with Gasteiger partial charge in [-0.2, -0.15) is 13.2 Å². The van der Waals surface area contributed by atoms with Crippen LogP contribution in [0.3, 0.4) is 0 Å². The first-order valence-electron chi connectivity index (χ1n) is 8.86. The molecular weight excluding hydrogens is 393 g/mol. The molecule has 0 unspecified atom stereocenters. The molecule has 1 aliphatic rings. The molecule has 2 aromatic carbocycles. The van der Waals surface area contributed by atoms with E-state index in [1.807, 2.05) is 11.8 Å². The summed E-state index contributed by atoms with van der Waals surface area (Å²) < 4.78 is 72.6. The Bertz CT molecular complexity index is 922. The largest absolute Gasteiger partial charge is 0.416 e. The van der Waals surface area contributed by atoms with Gasteiger partial charge in [-0.1, -0.05) is 19.1 Å². The van der Waals surface area contributed by atoms with E-state index < -0.39 is 21.8 Å². The minimum absolute atomic E-state index is 0.00459. The fraction of sp³-hybridized carbons (Fsp3) is 0.368. The van der Waals surface area contributed by atoms with Crippen LogP contribution in [0, 0.1) is 0 Å². The van der Waals surface area contributed by atoms with E-state index in [0.717, 1.165) is 24.1 Å². The van der Waals surface area contributed by atoms with Gasteiger partial charge in [0.2, 0.25) is 0 Å². The molecule has 0 saturated carbocycles. The quantitative estimate of drug-likeness (QED) is 0.806. The summed E-state index contributed by atoms with van der Waals surface area (Å²) in [5.41, 5.74) is 0.344. The van der Waals surface area contributed by atoms with Crippen molar-refractivity contribution in [2.45, 2.75) is 24.4 Å². The summed E-state index contributed by atoms with van der Waals surface area (Å²) in [5.74, 6) is 0. The number of rotatable bonds is 5. The van der Waals surface area contributed by atoms with E-state index in [0.29, 0.717) is 32.0 Å². The van der Waals surface area contributed by atoms with Gasteiger partial charge >= 0.3 is 6.18 Å². The van der Waals surface area contributed by atoms with Crippen molar-refractivity contribution in [3.63, 3.8) is 0 Å². The monoisotopic (exact) mass is 414 g/mol. The van der Waals surface area contributed by atoms with Gasteiger partial charge < -0.3 is 9.64 Å². The summed E-state index contributed by atoms with van der Waals surface area (Å²) in [6, 6.07) is 9.35. The lowest BCUT2D eigenvalue weighted by Crippen LogP contribution is -2.36. The molecule has 5 nitrogen and oxygen atoms in total. The zero-order valence-corrected chi connectivity index (χ0v) is 16.1. The molecule has 0 atom stereocenters. The topological polar surface area (TPSA) is 58.6 Å². The lowest BCUT2D eigenvalue weighted by Gasteiger charge is -2.31. The zero-order valence-electron chi connectivity index (χ0n) is 15.3. The van der Waals surface area contributed by atoms with E-state index in [9.17, 15) is 21.6 Å². The minimum atomic E-state index is -4.58. The molecule has 152 valence electrons. The van der Waals surface area contributed by atoms with Gasteiger partial charge in [0, 0.05) is 13.1 Å². The van der Waals surface area contributed by atoms with Crippen molar-refractivity contribution < 1.29 is 26.3 Å². The maximum Gasteiger partial charge on any atom is 0.416 e. The third-order valence-corrected chi connectivity index (χ3v) is 5.94. The van der Waals surface area contributed by atoms with Gasteiger partial charge in [0.1, 0.15) is 0 Å². The molecule has 0 spiro atoms. The molecular formula is C19H21F3N2O3S. The fourth-order valence-electron chi connectivity index (χ4n) is 2.98. The lowest BCUT2D eigenvalue weighted by atomic mass is 10.1. The Balaban J connectivity index is 1.99. The highest BCUT2D eigenvalue weighted by Crippen LogP contribution is 2.36. The molecule has 0 aliphatic carbocycles. The average molecular weight is 414 g/mol. The molecule has 0 aromatic heterocycles. The van der Waals surface area contributed by atoms with Crippen molar-refractivity contribution in [2.24, 2.45) is 0 Å². The number of sulfonamides is 1. The first-order valence-corrected chi connectivity index (χ1v) is 10.3. The Morgan fingerprint density at radius 2 is 1.71 bits per heavy atom. The van der Waals surface area contributed by atoms with E-state index in [4.69, 9.17) is 4.74 Å². The molecule has 1 saturated heterocycles. The van der Waals surface area contributed by atoms with Gasteiger partial charge in [0.15, 0.2) is 0 Å². The summed E-state index contributed by atoms with van der Waals surface area (Å²) in [6.07, 6.45) is -3.82. The molecule has 1 N–H and O–H groups in total. The third-order valence-electron chi connectivity index (χ3n) is 4.56. The van der Waals surface area contributed by atoms with E-state index in [-0.39, 0.29) is 10.6 Å². The van der Waals surface area contributed by atoms with Gasteiger partial charge in [0.25, 0.3) is 10.0 Å². The predicted molar refractivity (Wildman–Crippen MR) is 101 cm³/mol. The standard InChI is InChI=1S/C19H21F3N2O3S/c1-2-14-3-6-16(7-4-14)28(25,26)23-17-13-15(19(20,21)22)5-8-18(17)24-9-11-27-12-10-24/h3-8,13,23H,2,9-12H2,1H3. The van der Waals surface area contributed by atoms with Crippen LogP contribution in [-0.4, -0.2) is 34.7 Å². The van der Waals surface area contributed by atoms with Crippen LogP contribution in [0.25, 0.3) is 0 Å². The van der Waals surface area contributed by atoms with Gasteiger partial charge in [-0.05, 0) is 42.3 Å². The maximum absolute atomic E-state index is 13.2. The van der Waals surface area contributed by atoms with Gasteiger partial charge in [0.05, 0.1) is 35.0 Å². The Morgan fingerprint density at radius 1 is 1.07 bits per heavy atom. The van der Waals surface area contributed by atoms with Crippen molar-refractivity contribution in [3.05, 3.63) is 53.6 Å². The second-order valence-corrected chi connectivity index (χ2v) is 8.11. The molecule has 0 radical (unpaired) electrons. The summed E-state index contributed by atoms with van der Waals surface area (Å²) in [7, 11) is -4.04. The first kappa shape index (κ1) is 20.5. The Kier molecular flexibility index (Phi) is 5.85. The van der Waals surface area contributed by atoms with E-state index in [1.165, 1.54) is 18.2 Å². The highest BCUT2D eigenvalue weighted by atomic mass is 32.2. The molecule has 28 heavy (non-hydrogen) atoms. The number of nitrogens with one attached hydrogen (secondary N) is 1. The van der Waals surface area contributed by atoms with Crippen LogP contribution < -0.4 is 9.62 Å². The maximum atomic E-state index is 13.2. The number of aryl methyl sites for hydroxylation is 1. The number of hydrogen-bond donors (Lipinski definition) is 1. The number of anilines is 2. The van der Waals surface area contributed by atoms with Crippen molar-refractivity contribution in [2.75, 3.05) is 35.9 Å². The number of nitrogens with zero attached hydrogens (tertiary/aromatic N) is 1. The molecule has 1 heterocycles. The van der Waals surface area contributed by atoms with Gasteiger partial charge in [-0.3, -0.25) is 4.72 Å². The summed E-state index contributed by atoms with van der Waals surface area (Å²) in [6.45, 7) is 3.72. The molecule has 1 fully saturated rings. The van der Waals surface area contributed by atoms with Gasteiger partial charge in [-0.15, -0.1) is 0 Å². The SMILES string of the molecule is CCc1ccc(S(=O)(=O)Nc2cc(C(F)(F)F)ccc2N2CCOCC2)cc1. The minimum Gasteiger partial charge on any atom is -0.378 e. The number of hydrogen-bond acceptors (Lipinski definition) is 4. The van der Waals surface area contributed by atoms with Crippen LogP contribution in [0.5, 0.6) is 0 Å². The van der Waals surface area contributed by atoms with E-state index in [2.05, 4.69) is 4.72 Å². The van der Waals surface area contributed by atoms with Crippen LogP contribution >= 0.6 is 0 Å². The second-order valence-electron chi connectivity index (χ2n) is 6.43. The highest BCUT2D eigenvalue weighted by Gasteiger charge is 2.32. The summed E-state index contributed by atoms with van der Waals surface area (Å²) in [4.78, 5) is 1.80. The van der Waals surface area contributed by atoms with Crippen LogP contribution in [0.1, 0.15) is 18.1 Å². The second kappa shape index (κ2) is 8.00. The molecule has 0 bridgehead atoms. The first-order chi connectivity index (χ1) is 13.2. The van der Waals surface area contributed by atoms with E-state index in [1.54, 1.807) is 12.1 Å². The number of alkyl halides is 3. The molecule has 3 rings (SSSR count). The van der Waals surface area contributed by atoms with Gasteiger partial charge in [-0.25, -0.2) is 8.42 Å². The lowest BCUT2D eigenvalue weighted by molar-refractivity contribution is -0.137. The van der Waals surface area contributed by atoms with Crippen molar-refractivity contribution in [1.29, 1.82) is 0 Å². The number of ether oxygens (including phenoxy) is 1. The molecule has 0 amide bonds. The van der Waals surface area contributed by atoms with Crippen LogP contribution in [0.2, 0.25) is 0 Å². The molecule has 1 aliphatic heterocycles. The van der Waals surface area contributed by atoms with Crippen LogP contribution in [0.4, 0.5) is 24.5 Å². The summed E-state index contributed by atoms with van der Waals surface area (Å²) >= 11 is 0. The fourth-order valence-corrected chi connectivity index (χ4v) is 4.05. The molecule has 2 aromatic rings. The predicted octanol–water partition coefficient (Wildman–Crippen LogP) is 3.91. The van der Waals surface area contributed by atoms with Crippen LogP contribution in [-0.2, 0) is 27.4 Å². The van der Waals surface area contributed by atoms with Crippen molar-refractivity contribution in [1.82, 2.24) is 0 Å². The number of morpholine rings is 1. The Labute approximate surface area is 162 Å². The Hall–Kier alpha value is -2.26. The normalized spacial score (nSPS) is 15.5.